The Labute approximate surface area is 98.3 Å². The number of Topliss-reactive ketones (excluding diaryl/α,β-unsaturated/α-hetero) is 2. The smallest absolute Gasteiger partial charge is 0.237 e. The Morgan fingerprint density at radius 1 is 0.765 bits per heavy atom. The Hall–Kier alpha value is -2.42. The van der Waals surface area contributed by atoms with Crippen LogP contribution in [0.5, 0.6) is 5.75 Å². The average Bonchev–Trinajstić information content (AvgIpc) is 2.39. The number of benzene rings is 2. The zero-order valence-electron chi connectivity index (χ0n) is 8.96. The molecule has 0 aromatic heterocycles. The molecular weight excluding hydrogens is 216 g/mol. The molecule has 2 aromatic carbocycles. The van der Waals surface area contributed by atoms with E-state index in [2.05, 4.69) is 0 Å². The number of phenolic OH excluding ortho intramolecular Hbond substituents is 1. The molecule has 3 heteroatoms. The highest BCUT2D eigenvalue weighted by Crippen LogP contribution is 2.18. The molecule has 0 aliphatic rings. The molecule has 0 fully saturated rings. The highest BCUT2D eigenvalue weighted by molar-refractivity contribution is 6.49. The number of carbonyl (C=O) groups excluding carboxylic acids is 2. The number of ketones is 2. The van der Waals surface area contributed by atoms with Crippen LogP contribution in [0.4, 0.5) is 0 Å². The number of phenols is 1. The minimum absolute atomic E-state index is 0.0290. The van der Waals surface area contributed by atoms with Gasteiger partial charge in [0.25, 0.3) is 0 Å². The maximum Gasteiger partial charge on any atom is 0.237 e. The largest absolute Gasteiger partial charge is 0.507 e. The molecule has 3 nitrogen and oxygen atoms in total. The van der Waals surface area contributed by atoms with Gasteiger partial charge in [-0.2, -0.15) is 0 Å². The summed E-state index contributed by atoms with van der Waals surface area (Å²) in [6, 6.07) is 14.3. The SMILES string of the molecule is O=C(C(=O)c1ccccc1O)c1ccccc1. The van der Waals surface area contributed by atoms with Crippen molar-refractivity contribution in [2.45, 2.75) is 0 Å². The quantitative estimate of drug-likeness (QED) is 0.646. The van der Waals surface area contributed by atoms with Gasteiger partial charge in [-0.1, -0.05) is 42.5 Å². The van der Waals surface area contributed by atoms with Crippen molar-refractivity contribution >= 4 is 11.6 Å². The van der Waals surface area contributed by atoms with E-state index in [0.717, 1.165) is 0 Å². The van der Waals surface area contributed by atoms with Crippen molar-refractivity contribution in [2.24, 2.45) is 0 Å². The van der Waals surface area contributed by atoms with E-state index < -0.39 is 11.6 Å². The van der Waals surface area contributed by atoms with E-state index in [9.17, 15) is 14.7 Å². The van der Waals surface area contributed by atoms with Crippen molar-refractivity contribution in [3.63, 3.8) is 0 Å². The van der Waals surface area contributed by atoms with Crippen molar-refractivity contribution in [2.75, 3.05) is 0 Å². The molecule has 2 aromatic rings. The minimum Gasteiger partial charge on any atom is -0.507 e. The second kappa shape index (κ2) is 4.61. The topological polar surface area (TPSA) is 54.4 Å². The molecule has 0 radical (unpaired) electrons. The van der Waals surface area contributed by atoms with Crippen LogP contribution >= 0.6 is 0 Å². The molecule has 0 saturated heterocycles. The fourth-order valence-corrected chi connectivity index (χ4v) is 1.51. The van der Waals surface area contributed by atoms with Crippen molar-refractivity contribution in [3.8, 4) is 5.75 Å². The first-order valence-electron chi connectivity index (χ1n) is 5.12. The van der Waals surface area contributed by atoms with Crippen LogP contribution in [0, 0.1) is 0 Å². The van der Waals surface area contributed by atoms with E-state index in [1.54, 1.807) is 42.5 Å². The lowest BCUT2D eigenvalue weighted by Crippen LogP contribution is -2.14. The fourth-order valence-electron chi connectivity index (χ4n) is 1.51. The summed E-state index contributed by atoms with van der Waals surface area (Å²) in [5, 5.41) is 9.50. The first-order chi connectivity index (χ1) is 8.20. The molecule has 0 spiro atoms. The summed E-state index contributed by atoms with van der Waals surface area (Å²) in [5.74, 6) is -1.50. The van der Waals surface area contributed by atoms with Gasteiger partial charge in [-0.25, -0.2) is 0 Å². The summed E-state index contributed by atoms with van der Waals surface area (Å²) >= 11 is 0. The van der Waals surface area contributed by atoms with E-state index in [-0.39, 0.29) is 11.3 Å². The van der Waals surface area contributed by atoms with E-state index in [1.807, 2.05) is 0 Å². The van der Waals surface area contributed by atoms with Gasteiger partial charge in [-0.05, 0) is 12.1 Å². The molecule has 0 amide bonds. The highest BCUT2D eigenvalue weighted by Gasteiger charge is 2.20. The van der Waals surface area contributed by atoms with Crippen LogP contribution in [-0.2, 0) is 0 Å². The Morgan fingerprint density at radius 3 is 2.00 bits per heavy atom. The fraction of sp³-hybridized carbons (Fsp3) is 0. The summed E-state index contributed by atoms with van der Waals surface area (Å²) in [5.41, 5.74) is 0.349. The summed E-state index contributed by atoms with van der Waals surface area (Å²) in [6.07, 6.45) is 0. The summed E-state index contributed by atoms with van der Waals surface area (Å²) in [4.78, 5) is 23.7. The first-order valence-corrected chi connectivity index (χ1v) is 5.12. The van der Waals surface area contributed by atoms with Crippen LogP contribution in [0.25, 0.3) is 0 Å². The van der Waals surface area contributed by atoms with E-state index in [1.165, 1.54) is 12.1 Å². The maximum atomic E-state index is 11.9. The van der Waals surface area contributed by atoms with Crippen LogP contribution in [0.1, 0.15) is 20.7 Å². The molecule has 0 aliphatic carbocycles. The summed E-state index contributed by atoms with van der Waals surface area (Å²) < 4.78 is 0. The van der Waals surface area contributed by atoms with Gasteiger partial charge in [0.1, 0.15) is 5.75 Å². The molecule has 84 valence electrons. The standard InChI is InChI=1S/C14H10O3/c15-12-9-5-4-8-11(12)14(17)13(16)10-6-2-1-3-7-10/h1-9,15H. The third-order valence-corrected chi connectivity index (χ3v) is 2.39. The van der Waals surface area contributed by atoms with Gasteiger partial charge in [0.15, 0.2) is 0 Å². The number of para-hydroxylation sites is 1. The number of rotatable bonds is 3. The van der Waals surface area contributed by atoms with Gasteiger partial charge >= 0.3 is 0 Å². The summed E-state index contributed by atoms with van der Waals surface area (Å²) in [7, 11) is 0. The molecule has 0 aliphatic heterocycles. The van der Waals surface area contributed by atoms with Crippen LogP contribution in [0.3, 0.4) is 0 Å². The van der Waals surface area contributed by atoms with Crippen molar-refractivity contribution in [3.05, 3.63) is 65.7 Å². The molecule has 17 heavy (non-hydrogen) atoms. The number of carbonyl (C=O) groups is 2. The van der Waals surface area contributed by atoms with Crippen LogP contribution < -0.4 is 0 Å². The molecular formula is C14H10O3. The predicted molar refractivity (Wildman–Crippen MR) is 63.2 cm³/mol. The Balaban J connectivity index is 2.34. The van der Waals surface area contributed by atoms with Crippen LogP contribution in [0.15, 0.2) is 54.6 Å². The molecule has 0 atom stereocenters. The van der Waals surface area contributed by atoms with Crippen LogP contribution in [0.2, 0.25) is 0 Å². The van der Waals surface area contributed by atoms with Crippen molar-refractivity contribution < 1.29 is 14.7 Å². The Morgan fingerprint density at radius 2 is 1.35 bits per heavy atom. The first kappa shape index (κ1) is 11.1. The maximum absolute atomic E-state index is 11.9. The molecule has 0 unspecified atom stereocenters. The van der Waals surface area contributed by atoms with Gasteiger partial charge in [-0.15, -0.1) is 0 Å². The summed E-state index contributed by atoms with van der Waals surface area (Å²) in [6.45, 7) is 0. The molecule has 0 saturated carbocycles. The molecule has 1 N–H and O–H groups in total. The van der Waals surface area contributed by atoms with Gasteiger partial charge < -0.3 is 5.11 Å². The Bertz CT molecular complexity index is 559. The average molecular weight is 226 g/mol. The molecule has 0 heterocycles. The normalized spacial score (nSPS) is 9.88. The number of hydrogen-bond acceptors (Lipinski definition) is 3. The third-order valence-electron chi connectivity index (χ3n) is 2.39. The van der Waals surface area contributed by atoms with E-state index in [4.69, 9.17) is 0 Å². The zero-order chi connectivity index (χ0) is 12.3. The van der Waals surface area contributed by atoms with Crippen LogP contribution in [-0.4, -0.2) is 16.7 Å². The number of aromatic hydroxyl groups is 1. The van der Waals surface area contributed by atoms with Crippen molar-refractivity contribution in [1.82, 2.24) is 0 Å². The lowest BCUT2D eigenvalue weighted by atomic mass is 10.0. The van der Waals surface area contributed by atoms with Gasteiger partial charge in [0.05, 0.1) is 5.56 Å². The highest BCUT2D eigenvalue weighted by atomic mass is 16.3. The number of hydrogen-bond donors (Lipinski definition) is 1. The van der Waals surface area contributed by atoms with Crippen molar-refractivity contribution in [1.29, 1.82) is 0 Å². The molecule has 0 bridgehead atoms. The Kier molecular flexibility index (Phi) is 3.01. The van der Waals surface area contributed by atoms with E-state index in [0.29, 0.717) is 5.56 Å². The molecule has 2 rings (SSSR count). The van der Waals surface area contributed by atoms with Gasteiger partial charge in [-0.3, -0.25) is 9.59 Å². The van der Waals surface area contributed by atoms with Gasteiger partial charge in [0, 0.05) is 5.56 Å². The monoisotopic (exact) mass is 226 g/mol. The predicted octanol–water partition coefficient (Wildman–Crippen LogP) is 2.46. The second-order valence-electron chi connectivity index (χ2n) is 3.54. The van der Waals surface area contributed by atoms with Gasteiger partial charge in [0.2, 0.25) is 11.6 Å². The minimum atomic E-state index is -0.700. The third kappa shape index (κ3) is 2.23. The lowest BCUT2D eigenvalue weighted by molar-refractivity contribution is 0.0815. The lowest BCUT2D eigenvalue weighted by Gasteiger charge is -2.02. The zero-order valence-corrected chi connectivity index (χ0v) is 8.96. The second-order valence-corrected chi connectivity index (χ2v) is 3.54. The van der Waals surface area contributed by atoms with E-state index >= 15 is 0 Å².